The molecule has 36 heavy (non-hydrogen) atoms. The van der Waals surface area contributed by atoms with Crippen molar-refractivity contribution in [1.29, 1.82) is 0 Å². The largest absolute Gasteiger partial charge is 0.337 e. The number of benzene rings is 3. The lowest BCUT2D eigenvalue weighted by Crippen LogP contribution is -2.62. The van der Waals surface area contributed by atoms with Gasteiger partial charge in [0.2, 0.25) is 26.0 Å². The minimum absolute atomic E-state index is 0.0457. The Balaban J connectivity index is 1.49. The van der Waals surface area contributed by atoms with Crippen LogP contribution in [-0.2, 0) is 37.8 Å². The molecule has 2 aliphatic rings. The molecule has 8 nitrogen and oxygen atoms in total. The number of carbonyl (C=O) groups excluding carboxylic acids is 1. The highest BCUT2D eigenvalue weighted by Crippen LogP contribution is 2.28. The van der Waals surface area contributed by atoms with Crippen LogP contribution in [0.1, 0.15) is 11.1 Å². The van der Waals surface area contributed by atoms with E-state index >= 15 is 0 Å². The first-order valence-corrected chi connectivity index (χ1v) is 14.6. The molecule has 2 heterocycles. The second kappa shape index (κ2) is 9.78. The van der Waals surface area contributed by atoms with Gasteiger partial charge in [-0.3, -0.25) is 4.79 Å². The van der Waals surface area contributed by atoms with Gasteiger partial charge in [0, 0.05) is 32.7 Å². The summed E-state index contributed by atoms with van der Waals surface area (Å²) in [5.41, 5.74) is 2.17. The zero-order valence-corrected chi connectivity index (χ0v) is 21.2. The molecular weight excluding hydrogens is 498 g/mol. The van der Waals surface area contributed by atoms with Gasteiger partial charge >= 0.3 is 0 Å². The Labute approximate surface area is 211 Å². The monoisotopic (exact) mass is 525 g/mol. The second-order valence-corrected chi connectivity index (χ2v) is 12.7. The van der Waals surface area contributed by atoms with E-state index in [1.807, 2.05) is 24.3 Å². The minimum Gasteiger partial charge on any atom is -0.337 e. The smallest absolute Gasteiger partial charge is 0.243 e. The van der Waals surface area contributed by atoms with Crippen LogP contribution in [0.4, 0.5) is 0 Å². The molecule has 0 saturated carbocycles. The number of piperazine rings is 1. The van der Waals surface area contributed by atoms with Crippen molar-refractivity contribution in [1.82, 2.24) is 13.5 Å². The summed E-state index contributed by atoms with van der Waals surface area (Å²) < 4.78 is 56.3. The fourth-order valence-corrected chi connectivity index (χ4v) is 7.86. The lowest BCUT2D eigenvalue weighted by atomic mass is 9.99. The maximum atomic E-state index is 13.9. The molecule has 0 spiro atoms. The number of nitrogens with zero attached hydrogens (tertiary/aromatic N) is 3. The van der Waals surface area contributed by atoms with Gasteiger partial charge < -0.3 is 4.90 Å². The molecule has 3 aromatic rings. The average Bonchev–Trinajstić information content (AvgIpc) is 2.93. The zero-order chi connectivity index (χ0) is 25.3. The quantitative estimate of drug-likeness (QED) is 0.510. The summed E-state index contributed by atoms with van der Waals surface area (Å²) in [7, 11) is -7.92. The predicted octanol–water partition coefficient (Wildman–Crippen LogP) is 2.34. The molecule has 1 atom stereocenters. The van der Waals surface area contributed by atoms with E-state index in [-0.39, 0.29) is 29.4 Å². The Kier molecular flexibility index (Phi) is 6.69. The predicted molar refractivity (Wildman–Crippen MR) is 135 cm³/mol. The third-order valence-corrected chi connectivity index (χ3v) is 10.6. The van der Waals surface area contributed by atoms with Crippen molar-refractivity contribution in [3.63, 3.8) is 0 Å². The first-order valence-electron chi connectivity index (χ1n) is 11.8. The Morgan fingerprint density at radius 1 is 0.667 bits per heavy atom. The molecule has 0 radical (unpaired) electrons. The summed E-state index contributed by atoms with van der Waals surface area (Å²) in [5, 5.41) is 0. The van der Waals surface area contributed by atoms with Crippen LogP contribution in [0.15, 0.2) is 94.7 Å². The Bertz CT molecular complexity index is 1460. The summed E-state index contributed by atoms with van der Waals surface area (Å²) in [4.78, 5) is 15.7. The van der Waals surface area contributed by atoms with Crippen LogP contribution in [0.3, 0.4) is 0 Å². The van der Waals surface area contributed by atoms with Gasteiger partial charge in [-0.1, -0.05) is 60.7 Å². The van der Waals surface area contributed by atoms with E-state index in [2.05, 4.69) is 0 Å². The van der Waals surface area contributed by atoms with Crippen LogP contribution in [0.2, 0.25) is 0 Å². The Morgan fingerprint density at radius 3 is 1.86 bits per heavy atom. The van der Waals surface area contributed by atoms with E-state index in [1.54, 1.807) is 41.3 Å². The molecule has 188 valence electrons. The number of hydrogen-bond acceptors (Lipinski definition) is 5. The van der Waals surface area contributed by atoms with Crippen molar-refractivity contribution in [3.05, 3.63) is 96.1 Å². The van der Waals surface area contributed by atoms with Crippen molar-refractivity contribution in [2.45, 2.75) is 28.8 Å². The van der Waals surface area contributed by atoms with Gasteiger partial charge in [0.1, 0.15) is 6.04 Å². The fraction of sp³-hybridized carbons (Fsp3) is 0.269. The third kappa shape index (κ3) is 4.57. The highest BCUT2D eigenvalue weighted by atomic mass is 32.2. The van der Waals surface area contributed by atoms with Crippen LogP contribution in [0.5, 0.6) is 0 Å². The van der Waals surface area contributed by atoms with E-state index in [9.17, 15) is 21.6 Å². The summed E-state index contributed by atoms with van der Waals surface area (Å²) >= 11 is 0. The number of rotatable bonds is 5. The third-order valence-electron chi connectivity index (χ3n) is 6.75. The van der Waals surface area contributed by atoms with E-state index in [0.717, 1.165) is 11.1 Å². The van der Waals surface area contributed by atoms with E-state index < -0.39 is 32.0 Å². The van der Waals surface area contributed by atoms with Crippen molar-refractivity contribution >= 4 is 26.0 Å². The molecule has 1 amide bonds. The summed E-state index contributed by atoms with van der Waals surface area (Å²) in [6, 6.07) is 22.6. The normalized spacial score (nSPS) is 19.6. The number of hydrogen-bond donors (Lipinski definition) is 0. The van der Waals surface area contributed by atoms with Gasteiger partial charge in [-0.2, -0.15) is 8.61 Å². The van der Waals surface area contributed by atoms with Crippen molar-refractivity contribution in [2.75, 3.05) is 26.2 Å². The molecule has 1 fully saturated rings. The first kappa shape index (κ1) is 24.6. The van der Waals surface area contributed by atoms with E-state index in [4.69, 9.17) is 0 Å². The topological polar surface area (TPSA) is 95.1 Å². The van der Waals surface area contributed by atoms with Crippen molar-refractivity contribution < 1.29 is 21.6 Å². The first-order chi connectivity index (χ1) is 17.3. The molecule has 0 bridgehead atoms. The van der Waals surface area contributed by atoms with Gasteiger partial charge in [0.15, 0.2) is 0 Å². The lowest BCUT2D eigenvalue weighted by molar-refractivity contribution is -0.137. The highest BCUT2D eigenvalue weighted by Gasteiger charge is 2.45. The summed E-state index contributed by atoms with van der Waals surface area (Å²) in [6.45, 7) is 0.382. The lowest BCUT2D eigenvalue weighted by Gasteiger charge is -2.41. The van der Waals surface area contributed by atoms with Gasteiger partial charge in [-0.25, -0.2) is 16.8 Å². The van der Waals surface area contributed by atoms with Crippen LogP contribution < -0.4 is 0 Å². The second-order valence-electron chi connectivity index (χ2n) is 8.90. The Hall–Kier alpha value is -3.05. The van der Waals surface area contributed by atoms with E-state index in [0.29, 0.717) is 19.5 Å². The Morgan fingerprint density at radius 2 is 1.22 bits per heavy atom. The highest BCUT2D eigenvalue weighted by molar-refractivity contribution is 7.89. The summed E-state index contributed by atoms with van der Waals surface area (Å²) in [5.74, 6) is -0.392. The van der Waals surface area contributed by atoms with Gasteiger partial charge in [0.25, 0.3) is 0 Å². The molecule has 0 unspecified atom stereocenters. The van der Waals surface area contributed by atoms with Crippen LogP contribution in [0.25, 0.3) is 0 Å². The molecule has 10 heteroatoms. The fourth-order valence-electron chi connectivity index (χ4n) is 4.81. The minimum atomic E-state index is -4.02. The number of amides is 1. The maximum Gasteiger partial charge on any atom is 0.243 e. The molecule has 0 N–H and O–H groups in total. The number of fused-ring (bicyclic) bond motifs is 1. The molecule has 3 aromatic carbocycles. The molecule has 5 rings (SSSR count). The molecule has 0 aromatic heterocycles. The number of carbonyl (C=O) groups is 1. The average molecular weight is 526 g/mol. The molecule has 0 aliphatic carbocycles. The SMILES string of the molecule is O=C([C@H]1CN(S(=O)(=O)c2ccccc2)CCN1S(=O)(=O)c1ccccc1)N1CCc2ccccc2C1. The maximum absolute atomic E-state index is 13.9. The zero-order valence-electron chi connectivity index (χ0n) is 19.6. The van der Waals surface area contributed by atoms with Gasteiger partial charge in [-0.05, 0) is 41.8 Å². The summed E-state index contributed by atoms with van der Waals surface area (Å²) in [6.07, 6.45) is 0.659. The van der Waals surface area contributed by atoms with Gasteiger partial charge in [-0.15, -0.1) is 0 Å². The molecular formula is C26H27N3O5S2. The molecule has 1 saturated heterocycles. The van der Waals surface area contributed by atoms with Gasteiger partial charge in [0.05, 0.1) is 9.79 Å². The van der Waals surface area contributed by atoms with E-state index in [1.165, 1.54) is 32.9 Å². The van der Waals surface area contributed by atoms with Crippen LogP contribution in [0, 0.1) is 0 Å². The van der Waals surface area contributed by atoms with Crippen molar-refractivity contribution in [2.24, 2.45) is 0 Å². The molecule has 2 aliphatic heterocycles. The number of sulfonamides is 2. The van der Waals surface area contributed by atoms with Crippen LogP contribution >= 0.6 is 0 Å². The standard InChI is InChI=1S/C26H27N3O5S2/c30-26(27-16-15-21-9-7-8-10-22(21)19-27)25-20-28(35(31,32)23-11-3-1-4-12-23)17-18-29(25)36(33,34)24-13-5-2-6-14-24/h1-14,25H,15-20H2/t25-/m1/s1. The van der Waals surface area contributed by atoms with Crippen LogP contribution in [-0.4, -0.2) is 68.5 Å². The van der Waals surface area contributed by atoms with Crippen molar-refractivity contribution in [3.8, 4) is 0 Å².